The van der Waals surface area contributed by atoms with Crippen molar-refractivity contribution in [3.63, 3.8) is 0 Å². The zero-order valence-corrected chi connectivity index (χ0v) is 19.2. The summed E-state index contributed by atoms with van der Waals surface area (Å²) in [6, 6.07) is 23.1. The summed E-state index contributed by atoms with van der Waals surface area (Å²) in [4.78, 5) is 0. The number of thioether (sulfide) groups is 1. The molecular weight excluding hydrogens is 477 g/mol. The molecule has 170 valence electrons. The fourth-order valence-corrected chi connectivity index (χ4v) is 4.23. The number of rotatable bonds is 8. The Bertz CT molecular complexity index is 1410. The monoisotopic (exact) mass is 493 g/mol. The normalized spacial score (nSPS) is 11.0. The molecule has 3 aromatic carbocycles. The van der Waals surface area contributed by atoms with E-state index < -0.39 is 5.82 Å². The lowest BCUT2D eigenvalue weighted by molar-refractivity contribution is 0.278. The predicted molar refractivity (Wildman–Crippen MR) is 126 cm³/mol. The van der Waals surface area contributed by atoms with Crippen molar-refractivity contribution in [3.8, 4) is 22.9 Å². The number of benzene rings is 3. The molecule has 7 nitrogen and oxygen atoms in total. The van der Waals surface area contributed by atoms with Crippen LogP contribution in [0.3, 0.4) is 0 Å². The summed E-state index contributed by atoms with van der Waals surface area (Å²) in [5.74, 6) is 1.39. The molecule has 2 aromatic heterocycles. The van der Waals surface area contributed by atoms with Crippen LogP contribution in [0.15, 0.2) is 88.4 Å². The van der Waals surface area contributed by atoms with E-state index in [1.54, 1.807) is 24.3 Å². The Labute approximate surface area is 203 Å². The Morgan fingerprint density at radius 2 is 1.65 bits per heavy atom. The van der Waals surface area contributed by atoms with E-state index in [-0.39, 0.29) is 12.4 Å². The zero-order chi connectivity index (χ0) is 23.3. The molecule has 0 saturated heterocycles. The van der Waals surface area contributed by atoms with E-state index in [1.165, 1.54) is 17.8 Å². The number of halogens is 2. The van der Waals surface area contributed by atoms with Gasteiger partial charge in [-0.1, -0.05) is 65.8 Å². The van der Waals surface area contributed by atoms with Crippen LogP contribution in [-0.2, 0) is 12.4 Å². The van der Waals surface area contributed by atoms with E-state index in [1.807, 2.05) is 53.1 Å². The fourth-order valence-electron chi connectivity index (χ4n) is 3.21. The summed E-state index contributed by atoms with van der Waals surface area (Å²) in [7, 11) is 0. The first-order chi connectivity index (χ1) is 16.7. The summed E-state index contributed by atoms with van der Waals surface area (Å²) in [5, 5.41) is 18.0. The molecule has 0 unspecified atom stereocenters. The van der Waals surface area contributed by atoms with Gasteiger partial charge >= 0.3 is 0 Å². The highest BCUT2D eigenvalue weighted by atomic mass is 35.5. The predicted octanol–water partition coefficient (Wildman–Crippen LogP) is 5.98. The Morgan fingerprint density at radius 3 is 2.47 bits per heavy atom. The Hall–Kier alpha value is -3.69. The molecule has 34 heavy (non-hydrogen) atoms. The van der Waals surface area contributed by atoms with Crippen LogP contribution in [0.1, 0.15) is 11.7 Å². The lowest BCUT2D eigenvalue weighted by Crippen LogP contribution is -2.07. The number of nitrogens with zero attached hydrogens (tertiary/aromatic N) is 5. The molecule has 2 heterocycles. The summed E-state index contributed by atoms with van der Waals surface area (Å²) < 4.78 is 27.3. The highest BCUT2D eigenvalue weighted by Gasteiger charge is 2.18. The molecule has 0 fully saturated rings. The van der Waals surface area contributed by atoms with Crippen LogP contribution < -0.4 is 4.74 Å². The van der Waals surface area contributed by atoms with E-state index in [9.17, 15) is 4.39 Å². The maximum atomic E-state index is 14.0. The lowest BCUT2D eigenvalue weighted by Gasteiger charge is -2.11. The van der Waals surface area contributed by atoms with Crippen molar-refractivity contribution < 1.29 is 13.5 Å². The molecule has 0 aliphatic rings. The van der Waals surface area contributed by atoms with Crippen molar-refractivity contribution in [3.05, 3.63) is 101 Å². The summed E-state index contributed by atoms with van der Waals surface area (Å²) in [5.41, 5.74) is 1.53. The molecule has 0 spiro atoms. The molecule has 0 radical (unpaired) electrons. The molecule has 0 atom stereocenters. The minimum Gasteiger partial charge on any atom is -0.483 e. The Kier molecular flexibility index (Phi) is 6.55. The summed E-state index contributed by atoms with van der Waals surface area (Å²) >= 11 is 7.61. The number of aromatic nitrogens is 5. The van der Waals surface area contributed by atoms with Crippen LogP contribution in [0.25, 0.3) is 17.1 Å². The Balaban J connectivity index is 1.37. The molecule has 10 heteroatoms. The van der Waals surface area contributed by atoms with Gasteiger partial charge in [-0.05, 0) is 36.4 Å². The molecule has 0 aliphatic carbocycles. The summed E-state index contributed by atoms with van der Waals surface area (Å²) in [6.07, 6.45) is 0. The average Bonchev–Trinajstić information content (AvgIpc) is 3.50. The largest absolute Gasteiger partial charge is 0.483 e. The second-order valence-electron chi connectivity index (χ2n) is 7.06. The molecule has 0 bridgehead atoms. The first kappa shape index (κ1) is 22.1. The van der Waals surface area contributed by atoms with Crippen LogP contribution >= 0.6 is 23.4 Å². The molecule has 5 aromatic rings. The van der Waals surface area contributed by atoms with Gasteiger partial charge in [-0.2, -0.15) is 0 Å². The van der Waals surface area contributed by atoms with E-state index >= 15 is 0 Å². The first-order valence-electron chi connectivity index (χ1n) is 10.3. The van der Waals surface area contributed by atoms with Gasteiger partial charge in [0, 0.05) is 5.69 Å². The van der Waals surface area contributed by atoms with Gasteiger partial charge in [0.1, 0.15) is 6.61 Å². The molecule has 0 saturated carbocycles. The summed E-state index contributed by atoms with van der Waals surface area (Å²) in [6.45, 7) is 0.0423. The Morgan fingerprint density at radius 1 is 0.882 bits per heavy atom. The SMILES string of the molecule is Fc1ccccc1OCc1nnc(SCc2nnc(-c3ccccc3Cl)o2)n1-c1ccccc1. The number of hydrogen-bond acceptors (Lipinski definition) is 7. The van der Waals surface area contributed by atoms with Gasteiger partial charge in [-0.15, -0.1) is 20.4 Å². The van der Waals surface area contributed by atoms with Gasteiger partial charge in [0.05, 0.1) is 16.3 Å². The lowest BCUT2D eigenvalue weighted by atomic mass is 10.2. The maximum Gasteiger partial charge on any atom is 0.249 e. The maximum absolute atomic E-state index is 14.0. The van der Waals surface area contributed by atoms with E-state index in [0.29, 0.717) is 39.1 Å². The van der Waals surface area contributed by atoms with Crippen molar-refractivity contribution in [2.45, 2.75) is 17.5 Å². The van der Waals surface area contributed by atoms with E-state index in [4.69, 9.17) is 20.8 Å². The highest BCUT2D eigenvalue weighted by Crippen LogP contribution is 2.29. The molecule has 5 rings (SSSR count). The average molecular weight is 494 g/mol. The number of para-hydroxylation sites is 2. The number of ether oxygens (including phenoxy) is 1. The topological polar surface area (TPSA) is 78.9 Å². The van der Waals surface area contributed by atoms with Crippen molar-refractivity contribution in [1.82, 2.24) is 25.0 Å². The zero-order valence-electron chi connectivity index (χ0n) is 17.6. The minimum atomic E-state index is -0.436. The smallest absolute Gasteiger partial charge is 0.249 e. The van der Waals surface area contributed by atoms with Crippen molar-refractivity contribution in [2.24, 2.45) is 0 Å². The van der Waals surface area contributed by atoms with Crippen LogP contribution in [0, 0.1) is 5.82 Å². The van der Waals surface area contributed by atoms with Crippen molar-refractivity contribution in [2.75, 3.05) is 0 Å². The fraction of sp³-hybridized carbons (Fsp3) is 0.0833. The van der Waals surface area contributed by atoms with Gasteiger partial charge in [0.2, 0.25) is 11.8 Å². The minimum absolute atomic E-state index is 0.0423. The first-order valence-corrected chi connectivity index (χ1v) is 11.6. The third-order valence-corrected chi connectivity index (χ3v) is 6.05. The van der Waals surface area contributed by atoms with Gasteiger partial charge in [-0.3, -0.25) is 4.57 Å². The molecular formula is C24H17ClFN5O2S. The third kappa shape index (κ3) is 4.80. The highest BCUT2D eigenvalue weighted by molar-refractivity contribution is 7.98. The standard InChI is InChI=1S/C24H17ClFN5O2S/c25-18-11-5-4-10-17(18)23-29-28-22(33-23)15-34-24-30-27-21(31(24)16-8-2-1-3-9-16)14-32-20-13-7-6-12-19(20)26/h1-13H,14-15H2. The number of hydrogen-bond donors (Lipinski definition) is 0. The van der Waals surface area contributed by atoms with E-state index in [2.05, 4.69) is 20.4 Å². The second-order valence-corrected chi connectivity index (χ2v) is 8.41. The van der Waals surface area contributed by atoms with Gasteiger partial charge in [-0.25, -0.2) is 4.39 Å². The van der Waals surface area contributed by atoms with Crippen molar-refractivity contribution >= 4 is 23.4 Å². The van der Waals surface area contributed by atoms with Crippen LogP contribution in [0.4, 0.5) is 4.39 Å². The third-order valence-electron chi connectivity index (χ3n) is 4.80. The van der Waals surface area contributed by atoms with Crippen LogP contribution in [0.2, 0.25) is 5.02 Å². The van der Waals surface area contributed by atoms with Gasteiger partial charge < -0.3 is 9.15 Å². The van der Waals surface area contributed by atoms with Gasteiger partial charge in [0.15, 0.2) is 22.5 Å². The second kappa shape index (κ2) is 10.1. The van der Waals surface area contributed by atoms with Crippen LogP contribution in [-0.4, -0.2) is 25.0 Å². The van der Waals surface area contributed by atoms with Gasteiger partial charge in [0.25, 0.3) is 0 Å². The van der Waals surface area contributed by atoms with Crippen LogP contribution in [0.5, 0.6) is 5.75 Å². The van der Waals surface area contributed by atoms with E-state index in [0.717, 1.165) is 5.69 Å². The molecule has 0 amide bonds. The molecule has 0 aliphatic heterocycles. The molecule has 0 N–H and O–H groups in total. The quantitative estimate of drug-likeness (QED) is 0.246. The van der Waals surface area contributed by atoms with Crippen molar-refractivity contribution in [1.29, 1.82) is 0 Å².